The van der Waals surface area contributed by atoms with Crippen molar-refractivity contribution in [3.8, 4) is 0 Å². The molecule has 0 unspecified atom stereocenters. The standard InChI is InChI=1S/C9H10O.C3H8/c1-7-2-3-8-5-10-6-9(8)4-7;1-3-2/h2-4H,5-6H2,1H3;3H2,1-2H3. The summed E-state index contributed by atoms with van der Waals surface area (Å²) in [5.41, 5.74) is 4.04. The maximum Gasteiger partial charge on any atom is 0.0725 e. The van der Waals surface area contributed by atoms with Gasteiger partial charge in [-0.3, -0.25) is 0 Å². The highest BCUT2D eigenvalue weighted by molar-refractivity contribution is 5.32. The van der Waals surface area contributed by atoms with Gasteiger partial charge in [0.2, 0.25) is 0 Å². The third kappa shape index (κ3) is 2.85. The summed E-state index contributed by atoms with van der Waals surface area (Å²) in [5, 5.41) is 0. The highest BCUT2D eigenvalue weighted by Gasteiger charge is 2.09. The lowest BCUT2D eigenvalue weighted by molar-refractivity contribution is 0.134. The largest absolute Gasteiger partial charge is 0.372 e. The molecule has 1 aliphatic heterocycles. The molecular weight excluding hydrogens is 160 g/mol. The number of aryl methyl sites for hydroxylation is 1. The van der Waals surface area contributed by atoms with E-state index in [0.29, 0.717) is 0 Å². The first-order chi connectivity index (χ1) is 6.27. The summed E-state index contributed by atoms with van der Waals surface area (Å²) in [4.78, 5) is 0. The minimum Gasteiger partial charge on any atom is -0.372 e. The molecule has 1 aromatic rings. The molecule has 1 aliphatic rings. The Morgan fingerprint density at radius 3 is 2.46 bits per heavy atom. The molecule has 13 heavy (non-hydrogen) atoms. The van der Waals surface area contributed by atoms with E-state index in [1.807, 2.05) is 0 Å². The van der Waals surface area contributed by atoms with E-state index in [4.69, 9.17) is 4.74 Å². The smallest absolute Gasteiger partial charge is 0.0725 e. The number of ether oxygens (including phenoxy) is 1. The first-order valence-corrected chi connectivity index (χ1v) is 4.94. The van der Waals surface area contributed by atoms with Gasteiger partial charge in [-0.2, -0.15) is 0 Å². The van der Waals surface area contributed by atoms with Crippen molar-refractivity contribution in [2.24, 2.45) is 0 Å². The number of hydrogen-bond donors (Lipinski definition) is 0. The molecule has 1 nitrogen and oxygen atoms in total. The zero-order chi connectivity index (χ0) is 9.68. The molecule has 0 amide bonds. The van der Waals surface area contributed by atoms with Crippen LogP contribution in [0.1, 0.15) is 37.0 Å². The van der Waals surface area contributed by atoms with E-state index in [2.05, 4.69) is 39.0 Å². The van der Waals surface area contributed by atoms with Gasteiger partial charge in [-0.05, 0) is 18.1 Å². The van der Waals surface area contributed by atoms with Crippen LogP contribution in [-0.4, -0.2) is 0 Å². The van der Waals surface area contributed by atoms with Crippen molar-refractivity contribution in [2.45, 2.75) is 40.4 Å². The summed E-state index contributed by atoms with van der Waals surface area (Å²) >= 11 is 0. The highest BCUT2D eigenvalue weighted by Crippen LogP contribution is 2.19. The minimum absolute atomic E-state index is 0.801. The lowest BCUT2D eigenvalue weighted by Crippen LogP contribution is -1.81. The molecule has 0 fully saturated rings. The second kappa shape index (κ2) is 5.03. The van der Waals surface area contributed by atoms with Crippen LogP contribution >= 0.6 is 0 Å². The Bertz CT molecular complexity index is 266. The van der Waals surface area contributed by atoms with Crippen LogP contribution in [0.3, 0.4) is 0 Å². The first-order valence-electron chi connectivity index (χ1n) is 4.94. The van der Waals surface area contributed by atoms with E-state index < -0.39 is 0 Å². The summed E-state index contributed by atoms with van der Waals surface area (Å²) in [6.45, 7) is 7.96. The number of fused-ring (bicyclic) bond motifs is 1. The minimum atomic E-state index is 0.801. The van der Waals surface area contributed by atoms with E-state index in [0.717, 1.165) is 13.2 Å². The molecule has 1 heterocycles. The Kier molecular flexibility index (Phi) is 3.97. The van der Waals surface area contributed by atoms with Crippen LogP contribution in [0, 0.1) is 6.92 Å². The fraction of sp³-hybridized carbons (Fsp3) is 0.500. The van der Waals surface area contributed by atoms with Crippen LogP contribution in [0.2, 0.25) is 0 Å². The van der Waals surface area contributed by atoms with Gasteiger partial charge in [0.15, 0.2) is 0 Å². The van der Waals surface area contributed by atoms with E-state index >= 15 is 0 Å². The molecule has 0 N–H and O–H groups in total. The van der Waals surface area contributed by atoms with Crippen molar-refractivity contribution in [1.29, 1.82) is 0 Å². The summed E-state index contributed by atoms with van der Waals surface area (Å²) in [6.07, 6.45) is 1.25. The molecule has 0 saturated heterocycles. The Morgan fingerprint density at radius 2 is 1.77 bits per heavy atom. The molecule has 0 saturated carbocycles. The lowest BCUT2D eigenvalue weighted by atomic mass is 10.1. The van der Waals surface area contributed by atoms with Gasteiger partial charge in [0.1, 0.15) is 0 Å². The van der Waals surface area contributed by atoms with Gasteiger partial charge < -0.3 is 4.74 Å². The second-order valence-corrected chi connectivity index (χ2v) is 3.47. The molecule has 2 rings (SSSR count). The summed E-state index contributed by atoms with van der Waals surface area (Å²) in [7, 11) is 0. The van der Waals surface area contributed by atoms with Gasteiger partial charge >= 0.3 is 0 Å². The van der Waals surface area contributed by atoms with E-state index in [1.165, 1.54) is 23.1 Å². The van der Waals surface area contributed by atoms with Crippen molar-refractivity contribution in [1.82, 2.24) is 0 Å². The van der Waals surface area contributed by atoms with Crippen molar-refractivity contribution >= 4 is 0 Å². The van der Waals surface area contributed by atoms with Crippen molar-refractivity contribution in [3.63, 3.8) is 0 Å². The van der Waals surface area contributed by atoms with Gasteiger partial charge in [0.25, 0.3) is 0 Å². The van der Waals surface area contributed by atoms with E-state index in [1.54, 1.807) is 0 Å². The number of hydrogen-bond acceptors (Lipinski definition) is 1. The predicted octanol–water partition coefficient (Wildman–Crippen LogP) is 3.44. The number of rotatable bonds is 0. The number of benzene rings is 1. The molecule has 0 spiro atoms. The summed E-state index contributed by atoms with van der Waals surface area (Å²) in [6, 6.07) is 6.48. The zero-order valence-corrected chi connectivity index (χ0v) is 8.76. The maximum absolute atomic E-state index is 5.27. The average Bonchev–Trinajstić information content (AvgIpc) is 2.52. The average molecular weight is 178 g/mol. The molecule has 1 aromatic carbocycles. The fourth-order valence-corrected chi connectivity index (χ4v) is 1.30. The van der Waals surface area contributed by atoms with E-state index in [-0.39, 0.29) is 0 Å². The molecule has 0 aliphatic carbocycles. The Labute approximate surface area is 80.7 Å². The third-order valence-electron chi connectivity index (χ3n) is 1.88. The van der Waals surface area contributed by atoms with Crippen molar-refractivity contribution < 1.29 is 4.74 Å². The molecule has 0 bridgehead atoms. The van der Waals surface area contributed by atoms with Gasteiger partial charge in [0.05, 0.1) is 13.2 Å². The Morgan fingerprint density at radius 1 is 1.15 bits per heavy atom. The normalized spacial score (nSPS) is 13.2. The van der Waals surface area contributed by atoms with Crippen LogP contribution in [-0.2, 0) is 18.0 Å². The molecular formula is C12H18O. The maximum atomic E-state index is 5.27. The van der Waals surface area contributed by atoms with Crippen LogP contribution < -0.4 is 0 Å². The van der Waals surface area contributed by atoms with Crippen LogP contribution in [0.5, 0.6) is 0 Å². The first kappa shape index (κ1) is 10.3. The molecule has 1 heteroatoms. The molecule has 0 atom stereocenters. The quantitative estimate of drug-likeness (QED) is 0.591. The van der Waals surface area contributed by atoms with Gasteiger partial charge in [-0.1, -0.05) is 44.0 Å². The van der Waals surface area contributed by atoms with Crippen molar-refractivity contribution in [3.05, 3.63) is 34.9 Å². The van der Waals surface area contributed by atoms with Crippen LogP contribution in [0.15, 0.2) is 18.2 Å². The zero-order valence-electron chi connectivity index (χ0n) is 8.76. The topological polar surface area (TPSA) is 9.23 Å². The van der Waals surface area contributed by atoms with Crippen molar-refractivity contribution in [2.75, 3.05) is 0 Å². The second-order valence-electron chi connectivity index (χ2n) is 3.47. The van der Waals surface area contributed by atoms with Crippen LogP contribution in [0.4, 0.5) is 0 Å². The van der Waals surface area contributed by atoms with Crippen LogP contribution in [0.25, 0.3) is 0 Å². The lowest BCUT2D eigenvalue weighted by Gasteiger charge is -1.95. The SMILES string of the molecule is CCC.Cc1ccc2c(c1)COC2. The molecule has 72 valence electrons. The Hall–Kier alpha value is -0.820. The summed E-state index contributed by atoms with van der Waals surface area (Å²) < 4.78 is 5.27. The van der Waals surface area contributed by atoms with Gasteiger partial charge in [-0.25, -0.2) is 0 Å². The highest BCUT2D eigenvalue weighted by atomic mass is 16.5. The predicted molar refractivity (Wildman–Crippen MR) is 55.6 cm³/mol. The van der Waals surface area contributed by atoms with E-state index in [9.17, 15) is 0 Å². The monoisotopic (exact) mass is 178 g/mol. The molecule has 0 radical (unpaired) electrons. The molecule has 0 aromatic heterocycles. The summed E-state index contributed by atoms with van der Waals surface area (Å²) in [5.74, 6) is 0. The fourth-order valence-electron chi connectivity index (χ4n) is 1.30. The van der Waals surface area contributed by atoms with Gasteiger partial charge in [0, 0.05) is 0 Å². The Balaban J connectivity index is 0.000000251. The third-order valence-corrected chi connectivity index (χ3v) is 1.88. The van der Waals surface area contributed by atoms with Gasteiger partial charge in [-0.15, -0.1) is 0 Å².